The van der Waals surface area contributed by atoms with Gasteiger partial charge in [-0.05, 0) is 42.4 Å². The molecule has 0 spiro atoms. The summed E-state index contributed by atoms with van der Waals surface area (Å²) in [4.78, 5) is 36.2. The van der Waals surface area contributed by atoms with Crippen molar-refractivity contribution in [3.05, 3.63) is 0 Å². The number of carboxylic acids is 1. The molecule has 0 amide bonds. The Hall–Kier alpha value is -1.19. The molecule has 5 unspecified atom stereocenters. The van der Waals surface area contributed by atoms with Crippen LogP contribution in [-0.4, -0.2) is 22.6 Å². The van der Waals surface area contributed by atoms with Gasteiger partial charge in [0.2, 0.25) is 0 Å². The summed E-state index contributed by atoms with van der Waals surface area (Å²) in [6.45, 7) is 6.28. The van der Waals surface area contributed by atoms with Crippen LogP contribution in [0.5, 0.6) is 0 Å². The second-order valence-electron chi connectivity index (χ2n) is 8.39. The second-order valence-corrected chi connectivity index (χ2v) is 8.39. The van der Waals surface area contributed by atoms with Gasteiger partial charge in [0.25, 0.3) is 0 Å². The zero-order valence-corrected chi connectivity index (χ0v) is 13.8. The molecule has 0 bridgehead atoms. The molecule has 0 aromatic carbocycles. The highest BCUT2D eigenvalue weighted by Crippen LogP contribution is 2.69. The largest absolute Gasteiger partial charge is 0.481 e. The van der Waals surface area contributed by atoms with Gasteiger partial charge in [0.15, 0.2) is 0 Å². The van der Waals surface area contributed by atoms with E-state index < -0.39 is 11.4 Å². The molecular formula is C18H26O4. The third-order valence-electron chi connectivity index (χ3n) is 7.66. The lowest BCUT2D eigenvalue weighted by atomic mass is 9.41. The fourth-order valence-corrected chi connectivity index (χ4v) is 6.17. The van der Waals surface area contributed by atoms with Crippen molar-refractivity contribution in [1.29, 1.82) is 0 Å². The van der Waals surface area contributed by atoms with E-state index in [1.807, 2.05) is 6.92 Å². The minimum atomic E-state index is -0.894. The molecule has 0 saturated heterocycles. The second kappa shape index (κ2) is 4.65. The third-order valence-corrected chi connectivity index (χ3v) is 7.66. The van der Waals surface area contributed by atoms with E-state index in [2.05, 4.69) is 13.8 Å². The summed E-state index contributed by atoms with van der Waals surface area (Å²) in [6.07, 6.45) is 4.32. The fraction of sp³-hybridized carbons (Fsp3) is 0.833. The van der Waals surface area contributed by atoms with Gasteiger partial charge >= 0.3 is 5.97 Å². The van der Waals surface area contributed by atoms with Crippen LogP contribution < -0.4 is 0 Å². The number of hydrogen-bond donors (Lipinski definition) is 1. The van der Waals surface area contributed by atoms with Crippen molar-refractivity contribution in [2.24, 2.45) is 28.1 Å². The SMILES string of the molecule is CC1(CC(=O)O)C(=O)CCC2(C)C1CCC1C(=O)CCC12C. The van der Waals surface area contributed by atoms with Crippen molar-refractivity contribution < 1.29 is 19.5 Å². The molecule has 4 heteroatoms. The van der Waals surface area contributed by atoms with Crippen LogP contribution in [0.2, 0.25) is 0 Å². The number of Topliss-reactive ketones (excluding diaryl/α,β-unsaturated/α-hetero) is 2. The molecule has 3 fully saturated rings. The maximum atomic E-state index is 12.6. The number of carbonyl (C=O) groups is 3. The highest BCUT2D eigenvalue weighted by molar-refractivity contribution is 5.90. The van der Waals surface area contributed by atoms with E-state index in [-0.39, 0.29) is 34.9 Å². The van der Waals surface area contributed by atoms with E-state index in [0.717, 1.165) is 25.7 Å². The van der Waals surface area contributed by atoms with Crippen LogP contribution in [0.3, 0.4) is 0 Å². The Balaban J connectivity index is 2.05. The van der Waals surface area contributed by atoms with Gasteiger partial charge < -0.3 is 5.11 Å². The number of aliphatic carboxylic acids is 1. The van der Waals surface area contributed by atoms with Crippen LogP contribution in [0.15, 0.2) is 0 Å². The van der Waals surface area contributed by atoms with Crippen molar-refractivity contribution in [2.45, 2.75) is 65.7 Å². The Labute approximate surface area is 131 Å². The van der Waals surface area contributed by atoms with Crippen molar-refractivity contribution in [2.75, 3.05) is 0 Å². The molecule has 0 aromatic rings. The van der Waals surface area contributed by atoms with Crippen LogP contribution in [0.25, 0.3) is 0 Å². The molecule has 3 rings (SSSR count). The molecule has 22 heavy (non-hydrogen) atoms. The van der Waals surface area contributed by atoms with Crippen LogP contribution >= 0.6 is 0 Å². The number of fused-ring (bicyclic) bond motifs is 3. The summed E-state index contributed by atoms with van der Waals surface area (Å²) in [5.41, 5.74) is -0.966. The van der Waals surface area contributed by atoms with Gasteiger partial charge in [-0.3, -0.25) is 14.4 Å². The van der Waals surface area contributed by atoms with Crippen molar-refractivity contribution >= 4 is 17.5 Å². The highest BCUT2D eigenvalue weighted by atomic mass is 16.4. The first-order valence-electron chi connectivity index (χ1n) is 8.43. The minimum absolute atomic E-state index is 0.0736. The van der Waals surface area contributed by atoms with Crippen molar-refractivity contribution in [3.63, 3.8) is 0 Å². The zero-order valence-electron chi connectivity index (χ0n) is 13.8. The zero-order chi connectivity index (χ0) is 16.3. The van der Waals surface area contributed by atoms with Gasteiger partial charge in [0.05, 0.1) is 6.42 Å². The van der Waals surface area contributed by atoms with Gasteiger partial charge in [-0.2, -0.15) is 0 Å². The van der Waals surface area contributed by atoms with Gasteiger partial charge in [0, 0.05) is 24.2 Å². The predicted octanol–water partition coefficient (Wildman–Crippen LogP) is 3.23. The number of ketones is 2. The molecule has 5 atom stereocenters. The lowest BCUT2D eigenvalue weighted by molar-refractivity contribution is -0.174. The molecular weight excluding hydrogens is 280 g/mol. The van der Waals surface area contributed by atoms with Gasteiger partial charge in [0.1, 0.15) is 11.6 Å². The maximum absolute atomic E-state index is 12.6. The minimum Gasteiger partial charge on any atom is -0.481 e. The number of carboxylic acid groups (broad SMARTS) is 1. The first kappa shape index (κ1) is 15.7. The van der Waals surface area contributed by atoms with E-state index in [1.54, 1.807) is 0 Å². The van der Waals surface area contributed by atoms with Gasteiger partial charge in [-0.15, -0.1) is 0 Å². The average molecular weight is 306 g/mol. The lowest BCUT2D eigenvalue weighted by Crippen LogP contribution is -2.60. The van der Waals surface area contributed by atoms with Crippen LogP contribution in [0, 0.1) is 28.1 Å². The Morgan fingerprint density at radius 3 is 2.36 bits per heavy atom. The molecule has 1 N–H and O–H groups in total. The molecule has 4 nitrogen and oxygen atoms in total. The summed E-state index contributed by atoms with van der Waals surface area (Å²) in [6, 6.07) is 0. The summed E-state index contributed by atoms with van der Waals surface area (Å²) in [7, 11) is 0. The summed E-state index contributed by atoms with van der Waals surface area (Å²) < 4.78 is 0. The maximum Gasteiger partial charge on any atom is 0.304 e. The quantitative estimate of drug-likeness (QED) is 0.850. The number of carbonyl (C=O) groups excluding carboxylic acids is 2. The van der Waals surface area contributed by atoms with Gasteiger partial charge in [-0.25, -0.2) is 0 Å². The Morgan fingerprint density at radius 1 is 1.09 bits per heavy atom. The summed E-state index contributed by atoms with van der Waals surface area (Å²) in [5.74, 6) is -0.238. The van der Waals surface area contributed by atoms with E-state index >= 15 is 0 Å². The monoisotopic (exact) mass is 306 g/mol. The first-order chi connectivity index (χ1) is 10.1. The molecule has 3 saturated carbocycles. The Bertz CT molecular complexity index is 553. The normalized spacial score (nSPS) is 48.0. The van der Waals surface area contributed by atoms with Crippen LogP contribution in [0.4, 0.5) is 0 Å². The number of hydrogen-bond acceptors (Lipinski definition) is 3. The first-order valence-corrected chi connectivity index (χ1v) is 8.43. The Kier molecular flexibility index (Phi) is 3.32. The molecule has 3 aliphatic carbocycles. The lowest BCUT2D eigenvalue weighted by Gasteiger charge is -2.62. The predicted molar refractivity (Wildman–Crippen MR) is 81.3 cm³/mol. The van der Waals surface area contributed by atoms with Gasteiger partial charge in [-0.1, -0.05) is 20.8 Å². The topological polar surface area (TPSA) is 71.4 Å². The molecule has 0 aliphatic heterocycles. The van der Waals surface area contributed by atoms with E-state index in [9.17, 15) is 19.5 Å². The van der Waals surface area contributed by atoms with Crippen LogP contribution in [0.1, 0.15) is 65.7 Å². The third kappa shape index (κ3) is 1.79. The van der Waals surface area contributed by atoms with Crippen molar-refractivity contribution in [3.8, 4) is 0 Å². The summed E-state index contributed by atoms with van der Waals surface area (Å²) >= 11 is 0. The standard InChI is InChI=1S/C18H26O4/c1-16(10-15(21)22)13-5-4-11-12(19)6-8-17(11,2)18(13,3)9-7-14(16)20/h11,13H,4-10H2,1-3H3,(H,21,22). The fourth-order valence-electron chi connectivity index (χ4n) is 6.17. The smallest absolute Gasteiger partial charge is 0.304 e. The number of rotatable bonds is 2. The molecule has 3 aliphatic rings. The molecule has 0 radical (unpaired) electrons. The average Bonchev–Trinajstić information content (AvgIpc) is 2.72. The van der Waals surface area contributed by atoms with E-state index in [1.165, 1.54) is 0 Å². The molecule has 0 aromatic heterocycles. The molecule has 0 heterocycles. The highest BCUT2D eigenvalue weighted by Gasteiger charge is 2.66. The van der Waals surface area contributed by atoms with Crippen molar-refractivity contribution in [1.82, 2.24) is 0 Å². The Morgan fingerprint density at radius 2 is 1.73 bits per heavy atom. The summed E-state index contributed by atoms with van der Waals surface area (Å²) in [5, 5.41) is 9.31. The van der Waals surface area contributed by atoms with E-state index in [0.29, 0.717) is 18.6 Å². The van der Waals surface area contributed by atoms with Crippen LogP contribution in [-0.2, 0) is 14.4 Å². The molecule has 122 valence electrons. The van der Waals surface area contributed by atoms with E-state index in [4.69, 9.17) is 0 Å².